The molecule has 0 radical (unpaired) electrons. The molecule has 2 rings (SSSR count). The first kappa shape index (κ1) is 13.3. The molecule has 4 nitrogen and oxygen atoms in total. The maximum atomic E-state index is 12.2. The van der Waals surface area contributed by atoms with Crippen molar-refractivity contribution in [1.29, 1.82) is 0 Å². The van der Waals surface area contributed by atoms with Crippen molar-refractivity contribution in [3.63, 3.8) is 0 Å². The number of carbonyl (C=O) groups excluding carboxylic acids is 1. The summed E-state index contributed by atoms with van der Waals surface area (Å²) in [6.45, 7) is 3.86. The summed E-state index contributed by atoms with van der Waals surface area (Å²) in [6.07, 6.45) is 7.55. The number of rotatable bonds is 3. The fourth-order valence-electron chi connectivity index (χ4n) is 2.42. The van der Waals surface area contributed by atoms with E-state index < -0.39 is 0 Å². The van der Waals surface area contributed by atoms with Crippen LogP contribution in [0, 0.1) is 5.92 Å². The zero-order chi connectivity index (χ0) is 13.0. The van der Waals surface area contributed by atoms with Crippen molar-refractivity contribution < 1.29 is 4.79 Å². The second-order valence-corrected chi connectivity index (χ2v) is 5.14. The average Bonchev–Trinajstić information content (AvgIpc) is 2.40. The van der Waals surface area contributed by atoms with E-state index in [1.165, 1.54) is 25.2 Å². The second-order valence-electron chi connectivity index (χ2n) is 4.75. The van der Waals surface area contributed by atoms with Crippen molar-refractivity contribution in [2.75, 3.05) is 13.1 Å². The van der Waals surface area contributed by atoms with Gasteiger partial charge in [-0.25, -0.2) is 9.97 Å². The number of hydrogen-bond donors (Lipinski definition) is 0. The molecule has 0 aliphatic carbocycles. The SMILES string of the molecule is CCCC1CCN(C(=O)c2cnc(Cl)cn2)CC1. The Labute approximate surface area is 112 Å². The van der Waals surface area contributed by atoms with E-state index in [0.29, 0.717) is 10.8 Å². The molecule has 0 unspecified atom stereocenters. The summed E-state index contributed by atoms with van der Waals surface area (Å²) in [4.78, 5) is 21.9. The summed E-state index contributed by atoms with van der Waals surface area (Å²) >= 11 is 5.66. The first-order valence-electron chi connectivity index (χ1n) is 6.47. The Morgan fingerprint density at radius 1 is 1.39 bits per heavy atom. The van der Waals surface area contributed by atoms with Crippen molar-refractivity contribution in [3.8, 4) is 0 Å². The van der Waals surface area contributed by atoms with Crippen molar-refractivity contribution >= 4 is 17.5 Å². The van der Waals surface area contributed by atoms with E-state index in [4.69, 9.17) is 11.6 Å². The standard InChI is InChI=1S/C13H18ClN3O/c1-2-3-10-4-6-17(7-5-10)13(18)11-8-16-12(14)9-15-11/h8-10H,2-7H2,1H3. The van der Waals surface area contributed by atoms with Crippen molar-refractivity contribution in [3.05, 3.63) is 23.2 Å². The molecular weight excluding hydrogens is 250 g/mol. The van der Waals surface area contributed by atoms with Crippen LogP contribution in [0.3, 0.4) is 0 Å². The van der Waals surface area contributed by atoms with Crippen LogP contribution in [0.2, 0.25) is 5.15 Å². The Kier molecular flexibility index (Phi) is 4.53. The zero-order valence-electron chi connectivity index (χ0n) is 10.6. The molecule has 0 aromatic carbocycles. The highest BCUT2D eigenvalue weighted by Gasteiger charge is 2.23. The van der Waals surface area contributed by atoms with E-state index in [1.807, 2.05) is 4.90 Å². The largest absolute Gasteiger partial charge is 0.337 e. The topological polar surface area (TPSA) is 46.1 Å². The molecular formula is C13H18ClN3O. The van der Waals surface area contributed by atoms with Gasteiger partial charge in [-0.1, -0.05) is 31.4 Å². The van der Waals surface area contributed by atoms with Crippen LogP contribution in [0.15, 0.2) is 12.4 Å². The number of halogens is 1. The van der Waals surface area contributed by atoms with Gasteiger partial charge >= 0.3 is 0 Å². The number of piperidine rings is 1. The van der Waals surface area contributed by atoms with E-state index in [9.17, 15) is 4.79 Å². The Balaban J connectivity index is 1.93. The molecule has 0 atom stereocenters. The lowest BCUT2D eigenvalue weighted by Gasteiger charge is -2.31. The zero-order valence-corrected chi connectivity index (χ0v) is 11.4. The molecule has 0 saturated carbocycles. The van der Waals surface area contributed by atoms with Crippen LogP contribution in [0.25, 0.3) is 0 Å². The minimum Gasteiger partial charge on any atom is -0.337 e. The quantitative estimate of drug-likeness (QED) is 0.846. The third kappa shape index (κ3) is 3.19. The molecule has 0 bridgehead atoms. The first-order valence-corrected chi connectivity index (χ1v) is 6.85. The lowest BCUT2D eigenvalue weighted by Crippen LogP contribution is -2.38. The lowest BCUT2D eigenvalue weighted by atomic mass is 9.92. The number of carbonyl (C=O) groups is 1. The number of hydrogen-bond acceptors (Lipinski definition) is 3. The van der Waals surface area contributed by atoms with E-state index in [2.05, 4.69) is 16.9 Å². The van der Waals surface area contributed by atoms with Gasteiger partial charge in [0.25, 0.3) is 5.91 Å². The summed E-state index contributed by atoms with van der Waals surface area (Å²) in [5, 5.41) is 0.313. The number of nitrogens with zero attached hydrogens (tertiary/aromatic N) is 3. The Morgan fingerprint density at radius 2 is 2.11 bits per heavy atom. The Hall–Kier alpha value is -1.16. The summed E-state index contributed by atoms with van der Waals surface area (Å²) in [5.41, 5.74) is 0.383. The summed E-state index contributed by atoms with van der Waals surface area (Å²) < 4.78 is 0. The van der Waals surface area contributed by atoms with Gasteiger partial charge < -0.3 is 4.90 Å². The fraction of sp³-hybridized carbons (Fsp3) is 0.615. The fourth-order valence-corrected chi connectivity index (χ4v) is 2.52. The lowest BCUT2D eigenvalue weighted by molar-refractivity contribution is 0.0680. The molecule has 2 heterocycles. The van der Waals surface area contributed by atoms with Crippen LogP contribution in [0.4, 0.5) is 0 Å². The molecule has 1 aliphatic heterocycles. The molecule has 1 aromatic rings. The molecule has 1 fully saturated rings. The third-order valence-electron chi connectivity index (χ3n) is 3.44. The van der Waals surface area contributed by atoms with E-state index in [1.54, 1.807) is 0 Å². The van der Waals surface area contributed by atoms with Gasteiger partial charge in [-0.15, -0.1) is 0 Å². The summed E-state index contributed by atoms with van der Waals surface area (Å²) in [5.74, 6) is 0.740. The van der Waals surface area contributed by atoms with Gasteiger partial charge in [0.1, 0.15) is 10.8 Å². The monoisotopic (exact) mass is 267 g/mol. The van der Waals surface area contributed by atoms with Crippen LogP contribution in [-0.2, 0) is 0 Å². The van der Waals surface area contributed by atoms with Crippen LogP contribution in [-0.4, -0.2) is 33.9 Å². The second kappa shape index (κ2) is 6.14. The average molecular weight is 268 g/mol. The number of amides is 1. The molecule has 0 N–H and O–H groups in total. The minimum atomic E-state index is -0.0332. The summed E-state index contributed by atoms with van der Waals surface area (Å²) in [6, 6.07) is 0. The van der Waals surface area contributed by atoms with Crippen LogP contribution < -0.4 is 0 Å². The van der Waals surface area contributed by atoms with Crippen molar-refractivity contribution in [1.82, 2.24) is 14.9 Å². The molecule has 0 spiro atoms. The minimum absolute atomic E-state index is 0.0332. The molecule has 1 saturated heterocycles. The van der Waals surface area contributed by atoms with Crippen LogP contribution >= 0.6 is 11.6 Å². The highest BCUT2D eigenvalue weighted by Crippen LogP contribution is 2.22. The molecule has 18 heavy (non-hydrogen) atoms. The van der Waals surface area contributed by atoms with E-state index in [-0.39, 0.29) is 5.91 Å². The maximum absolute atomic E-state index is 12.2. The summed E-state index contributed by atoms with van der Waals surface area (Å²) in [7, 11) is 0. The van der Waals surface area contributed by atoms with Gasteiger partial charge in [-0.3, -0.25) is 4.79 Å². The highest BCUT2D eigenvalue weighted by molar-refractivity contribution is 6.29. The third-order valence-corrected chi connectivity index (χ3v) is 3.63. The predicted octanol–water partition coefficient (Wildman–Crippen LogP) is 2.78. The van der Waals surface area contributed by atoms with Crippen molar-refractivity contribution in [2.45, 2.75) is 32.6 Å². The smallest absolute Gasteiger partial charge is 0.274 e. The predicted molar refractivity (Wildman–Crippen MR) is 70.6 cm³/mol. The molecule has 1 aliphatic rings. The maximum Gasteiger partial charge on any atom is 0.274 e. The Bertz CT molecular complexity index is 399. The first-order chi connectivity index (χ1) is 8.70. The van der Waals surface area contributed by atoms with Gasteiger partial charge in [-0.05, 0) is 18.8 Å². The van der Waals surface area contributed by atoms with Crippen molar-refractivity contribution in [2.24, 2.45) is 5.92 Å². The molecule has 5 heteroatoms. The normalized spacial score (nSPS) is 16.9. The molecule has 1 amide bonds. The van der Waals surface area contributed by atoms with Gasteiger partial charge in [0.05, 0.1) is 12.4 Å². The van der Waals surface area contributed by atoms with Gasteiger partial charge in [0.2, 0.25) is 0 Å². The van der Waals surface area contributed by atoms with Gasteiger partial charge in [-0.2, -0.15) is 0 Å². The number of aromatic nitrogens is 2. The van der Waals surface area contributed by atoms with E-state index >= 15 is 0 Å². The van der Waals surface area contributed by atoms with Crippen LogP contribution in [0.5, 0.6) is 0 Å². The molecule has 98 valence electrons. The van der Waals surface area contributed by atoms with Gasteiger partial charge in [0, 0.05) is 13.1 Å². The molecule has 1 aromatic heterocycles. The van der Waals surface area contributed by atoms with Crippen LogP contribution in [0.1, 0.15) is 43.1 Å². The van der Waals surface area contributed by atoms with Gasteiger partial charge in [0.15, 0.2) is 0 Å². The van der Waals surface area contributed by atoms with E-state index in [0.717, 1.165) is 31.8 Å². The Morgan fingerprint density at radius 3 is 2.67 bits per heavy atom. The number of likely N-dealkylation sites (tertiary alicyclic amines) is 1. The highest BCUT2D eigenvalue weighted by atomic mass is 35.5.